The lowest BCUT2D eigenvalue weighted by molar-refractivity contribution is -0.137. The lowest BCUT2D eigenvalue weighted by Crippen LogP contribution is -2.19. The van der Waals surface area contributed by atoms with Gasteiger partial charge < -0.3 is 4.90 Å². The number of alkyl halides is 3. The summed E-state index contributed by atoms with van der Waals surface area (Å²) in [7, 11) is 1.87. The molecule has 4 heteroatoms. The predicted molar refractivity (Wildman–Crippen MR) is 62.4 cm³/mol. The van der Waals surface area contributed by atoms with E-state index in [9.17, 15) is 13.2 Å². The third-order valence-electron chi connectivity index (χ3n) is 2.90. The molecule has 0 aliphatic heterocycles. The second-order valence-electron chi connectivity index (χ2n) is 4.14. The van der Waals surface area contributed by atoms with E-state index in [0.29, 0.717) is 0 Å². The van der Waals surface area contributed by atoms with E-state index in [1.807, 2.05) is 25.8 Å². The third-order valence-corrected chi connectivity index (χ3v) is 2.90. The number of hydrogen-bond donors (Lipinski definition) is 0. The first-order valence-electron chi connectivity index (χ1n) is 5.29. The fourth-order valence-electron chi connectivity index (χ4n) is 1.50. The Morgan fingerprint density at radius 3 is 2.06 bits per heavy atom. The Balaban J connectivity index is 2.92. The molecule has 1 nitrogen and oxygen atoms in total. The first-order chi connectivity index (χ1) is 7.73. The zero-order chi connectivity index (χ0) is 13.2. The summed E-state index contributed by atoms with van der Waals surface area (Å²) < 4.78 is 37.1. The molecule has 0 saturated carbocycles. The SMILES string of the molecule is C=C(C)N(C)[C@H](C)c1ccc(C(F)(F)F)cc1. The molecule has 1 aromatic rings. The summed E-state index contributed by atoms with van der Waals surface area (Å²) in [6.45, 7) is 7.59. The molecule has 0 fully saturated rings. The van der Waals surface area contributed by atoms with Crippen LogP contribution in [0.15, 0.2) is 36.5 Å². The predicted octanol–water partition coefficient (Wildman–Crippen LogP) is 4.23. The normalized spacial score (nSPS) is 13.3. The molecule has 0 N–H and O–H groups in total. The van der Waals surface area contributed by atoms with Crippen LogP contribution in [0, 0.1) is 0 Å². The molecule has 1 atom stereocenters. The van der Waals surface area contributed by atoms with Crippen LogP contribution < -0.4 is 0 Å². The lowest BCUT2D eigenvalue weighted by Gasteiger charge is -2.27. The quantitative estimate of drug-likeness (QED) is 0.767. The number of hydrogen-bond acceptors (Lipinski definition) is 1. The number of benzene rings is 1. The van der Waals surface area contributed by atoms with Gasteiger partial charge >= 0.3 is 6.18 Å². The first-order valence-corrected chi connectivity index (χ1v) is 5.29. The van der Waals surface area contributed by atoms with Crippen LogP contribution in [0.1, 0.15) is 31.0 Å². The van der Waals surface area contributed by atoms with Crippen molar-refractivity contribution in [1.29, 1.82) is 0 Å². The molecule has 0 radical (unpaired) electrons. The molecule has 1 rings (SSSR count). The van der Waals surface area contributed by atoms with Crippen molar-refractivity contribution < 1.29 is 13.2 Å². The average Bonchev–Trinajstić information content (AvgIpc) is 2.26. The number of nitrogens with zero attached hydrogens (tertiary/aromatic N) is 1. The van der Waals surface area contributed by atoms with E-state index in [2.05, 4.69) is 6.58 Å². The Labute approximate surface area is 99.6 Å². The molecule has 0 amide bonds. The molecule has 0 aliphatic rings. The van der Waals surface area contributed by atoms with Crippen molar-refractivity contribution >= 4 is 0 Å². The van der Waals surface area contributed by atoms with Gasteiger partial charge in [-0.25, -0.2) is 0 Å². The van der Waals surface area contributed by atoms with Gasteiger partial charge in [0.25, 0.3) is 0 Å². The van der Waals surface area contributed by atoms with Crippen LogP contribution in [0.3, 0.4) is 0 Å². The Bertz CT molecular complexity index is 392. The minimum atomic E-state index is -4.28. The van der Waals surface area contributed by atoms with Gasteiger partial charge in [0, 0.05) is 12.7 Å². The molecule has 0 bridgehead atoms. The summed E-state index contributed by atoms with van der Waals surface area (Å²) in [4.78, 5) is 1.92. The van der Waals surface area contributed by atoms with Crippen molar-refractivity contribution in [3.05, 3.63) is 47.7 Å². The summed E-state index contributed by atoms with van der Waals surface area (Å²) in [5.74, 6) is 0. The molecule has 0 heterocycles. The highest BCUT2D eigenvalue weighted by Crippen LogP contribution is 2.30. The summed E-state index contributed by atoms with van der Waals surface area (Å²) in [6.07, 6.45) is -4.28. The molecule has 0 aromatic heterocycles. The highest BCUT2D eigenvalue weighted by Gasteiger charge is 2.30. The second-order valence-corrected chi connectivity index (χ2v) is 4.14. The largest absolute Gasteiger partial charge is 0.416 e. The molecule has 1 aromatic carbocycles. The zero-order valence-electron chi connectivity index (χ0n) is 10.2. The van der Waals surface area contributed by atoms with Crippen molar-refractivity contribution in [2.24, 2.45) is 0 Å². The molecule has 0 aliphatic carbocycles. The molecule has 0 saturated heterocycles. The van der Waals surface area contributed by atoms with Crippen LogP contribution >= 0.6 is 0 Å². The van der Waals surface area contributed by atoms with E-state index in [1.165, 1.54) is 12.1 Å². The van der Waals surface area contributed by atoms with Gasteiger partial charge in [-0.1, -0.05) is 18.7 Å². The zero-order valence-corrected chi connectivity index (χ0v) is 10.2. The van der Waals surface area contributed by atoms with E-state index in [4.69, 9.17) is 0 Å². The molecule has 0 unspecified atom stereocenters. The monoisotopic (exact) mass is 243 g/mol. The van der Waals surface area contributed by atoms with E-state index < -0.39 is 11.7 Å². The Kier molecular flexibility index (Phi) is 3.86. The fraction of sp³-hybridized carbons (Fsp3) is 0.385. The minimum Gasteiger partial charge on any atom is -0.372 e. The van der Waals surface area contributed by atoms with Crippen molar-refractivity contribution in [1.82, 2.24) is 4.90 Å². The fourth-order valence-corrected chi connectivity index (χ4v) is 1.50. The van der Waals surface area contributed by atoms with E-state index in [1.54, 1.807) is 0 Å². The van der Waals surface area contributed by atoms with E-state index in [-0.39, 0.29) is 6.04 Å². The van der Waals surface area contributed by atoms with E-state index in [0.717, 1.165) is 23.4 Å². The van der Waals surface area contributed by atoms with Crippen LogP contribution in [-0.4, -0.2) is 11.9 Å². The van der Waals surface area contributed by atoms with Crippen molar-refractivity contribution in [2.45, 2.75) is 26.1 Å². The van der Waals surface area contributed by atoms with Crippen molar-refractivity contribution in [3.8, 4) is 0 Å². The van der Waals surface area contributed by atoms with Crippen LogP contribution in [0.5, 0.6) is 0 Å². The molecular weight excluding hydrogens is 227 g/mol. The average molecular weight is 243 g/mol. The van der Waals surface area contributed by atoms with Crippen molar-refractivity contribution in [3.63, 3.8) is 0 Å². The summed E-state index contributed by atoms with van der Waals surface area (Å²) in [6, 6.07) is 5.24. The lowest BCUT2D eigenvalue weighted by atomic mass is 10.0. The maximum atomic E-state index is 12.4. The Morgan fingerprint density at radius 1 is 1.24 bits per heavy atom. The maximum Gasteiger partial charge on any atom is 0.416 e. The maximum absolute atomic E-state index is 12.4. The van der Waals surface area contributed by atoms with Gasteiger partial charge in [-0.2, -0.15) is 13.2 Å². The second kappa shape index (κ2) is 4.82. The van der Waals surface area contributed by atoms with Crippen LogP contribution in [-0.2, 0) is 6.18 Å². The highest BCUT2D eigenvalue weighted by molar-refractivity contribution is 5.27. The smallest absolute Gasteiger partial charge is 0.372 e. The highest BCUT2D eigenvalue weighted by atomic mass is 19.4. The summed E-state index contributed by atoms with van der Waals surface area (Å²) >= 11 is 0. The summed E-state index contributed by atoms with van der Waals surface area (Å²) in [5.41, 5.74) is 1.09. The topological polar surface area (TPSA) is 3.24 Å². The van der Waals surface area contributed by atoms with Gasteiger partial charge in [0.1, 0.15) is 0 Å². The van der Waals surface area contributed by atoms with Gasteiger partial charge in [0.2, 0.25) is 0 Å². The van der Waals surface area contributed by atoms with Gasteiger partial charge in [-0.05, 0) is 31.5 Å². The number of rotatable bonds is 3. The molecule has 94 valence electrons. The molecular formula is C13H16F3N. The minimum absolute atomic E-state index is 0.00906. The van der Waals surface area contributed by atoms with Crippen LogP contribution in [0.4, 0.5) is 13.2 Å². The number of halogens is 3. The molecule has 17 heavy (non-hydrogen) atoms. The number of allylic oxidation sites excluding steroid dienone is 1. The van der Waals surface area contributed by atoms with Crippen molar-refractivity contribution in [2.75, 3.05) is 7.05 Å². The first kappa shape index (κ1) is 13.6. The van der Waals surface area contributed by atoms with Gasteiger partial charge in [0.05, 0.1) is 11.6 Å². The van der Waals surface area contributed by atoms with Gasteiger partial charge in [0.15, 0.2) is 0 Å². The third kappa shape index (κ3) is 3.25. The van der Waals surface area contributed by atoms with Crippen LogP contribution in [0.25, 0.3) is 0 Å². The summed E-state index contributed by atoms with van der Waals surface area (Å²) in [5, 5.41) is 0. The van der Waals surface area contributed by atoms with E-state index >= 15 is 0 Å². The standard InChI is InChI=1S/C13H16F3N/c1-9(2)17(4)10(3)11-5-7-12(8-6-11)13(14,15)16/h5-8,10H,1H2,2-4H3/t10-/m1/s1. The van der Waals surface area contributed by atoms with Crippen LogP contribution in [0.2, 0.25) is 0 Å². The Hall–Kier alpha value is -1.45. The molecule has 0 spiro atoms. The Morgan fingerprint density at radius 2 is 1.71 bits per heavy atom. The van der Waals surface area contributed by atoms with Gasteiger partial charge in [-0.3, -0.25) is 0 Å². The van der Waals surface area contributed by atoms with Gasteiger partial charge in [-0.15, -0.1) is 0 Å².